The molecule has 0 radical (unpaired) electrons. The van der Waals surface area contributed by atoms with Crippen molar-refractivity contribution in [3.8, 4) is 0 Å². The van der Waals surface area contributed by atoms with Gasteiger partial charge in [0.25, 0.3) is 0 Å². The van der Waals surface area contributed by atoms with E-state index in [1.165, 1.54) is 6.92 Å². The Balaban J connectivity index is 2.33. The first kappa shape index (κ1) is 10.0. The van der Waals surface area contributed by atoms with E-state index in [0.29, 0.717) is 12.3 Å². The van der Waals surface area contributed by atoms with Gasteiger partial charge in [-0.05, 0) is 12.3 Å². The van der Waals surface area contributed by atoms with Crippen molar-refractivity contribution >= 4 is 11.9 Å². The minimum absolute atomic E-state index is 0.186. The summed E-state index contributed by atoms with van der Waals surface area (Å²) in [4.78, 5) is 21.5. The number of carbonyl (C=O) groups excluding carboxylic acids is 2. The molecule has 1 rings (SSSR count). The van der Waals surface area contributed by atoms with Gasteiger partial charge in [-0.2, -0.15) is 0 Å². The van der Waals surface area contributed by atoms with Crippen LogP contribution >= 0.6 is 0 Å². The van der Waals surface area contributed by atoms with Crippen molar-refractivity contribution in [3.63, 3.8) is 0 Å². The van der Waals surface area contributed by atoms with Gasteiger partial charge in [0, 0.05) is 13.3 Å². The highest BCUT2D eigenvalue weighted by Gasteiger charge is 2.26. The van der Waals surface area contributed by atoms with E-state index in [4.69, 9.17) is 9.47 Å². The van der Waals surface area contributed by atoms with E-state index < -0.39 is 0 Å². The molecule has 4 heteroatoms. The molecule has 0 aromatic carbocycles. The second-order valence-electron chi connectivity index (χ2n) is 3.46. The lowest BCUT2D eigenvalue weighted by Gasteiger charge is -2.25. The summed E-state index contributed by atoms with van der Waals surface area (Å²) in [6, 6.07) is 0. The molecule has 0 bridgehead atoms. The van der Waals surface area contributed by atoms with Gasteiger partial charge >= 0.3 is 11.9 Å². The average molecular weight is 186 g/mol. The molecule has 1 heterocycles. The summed E-state index contributed by atoms with van der Waals surface area (Å²) in [5, 5.41) is 0. The van der Waals surface area contributed by atoms with E-state index in [-0.39, 0.29) is 24.6 Å². The first-order chi connectivity index (χ1) is 6.08. The van der Waals surface area contributed by atoms with Crippen molar-refractivity contribution in [2.45, 2.75) is 32.8 Å². The van der Waals surface area contributed by atoms with Crippen LogP contribution in [0.25, 0.3) is 0 Å². The van der Waals surface area contributed by atoms with Crippen LogP contribution in [-0.2, 0) is 19.1 Å². The zero-order valence-corrected chi connectivity index (χ0v) is 7.91. The molecule has 2 atom stereocenters. The summed E-state index contributed by atoms with van der Waals surface area (Å²) in [7, 11) is 0. The molecular weight excluding hydrogens is 172 g/mol. The summed E-state index contributed by atoms with van der Waals surface area (Å²) in [6.45, 7) is 3.51. The maximum atomic E-state index is 11.0. The summed E-state index contributed by atoms with van der Waals surface area (Å²) < 4.78 is 9.75. The number of ether oxygens (including phenoxy) is 2. The van der Waals surface area contributed by atoms with Crippen LogP contribution in [0, 0.1) is 5.92 Å². The van der Waals surface area contributed by atoms with Gasteiger partial charge in [0.1, 0.15) is 12.7 Å². The van der Waals surface area contributed by atoms with Crippen molar-refractivity contribution < 1.29 is 19.1 Å². The summed E-state index contributed by atoms with van der Waals surface area (Å²) in [5.41, 5.74) is 0. The van der Waals surface area contributed by atoms with E-state index in [1.54, 1.807) is 0 Å². The second kappa shape index (κ2) is 4.25. The molecule has 0 unspecified atom stereocenters. The van der Waals surface area contributed by atoms with Crippen LogP contribution in [0.1, 0.15) is 26.7 Å². The van der Waals surface area contributed by atoms with Crippen molar-refractivity contribution in [2.24, 2.45) is 5.92 Å². The van der Waals surface area contributed by atoms with Gasteiger partial charge in [0.05, 0.1) is 0 Å². The van der Waals surface area contributed by atoms with Crippen LogP contribution in [0.3, 0.4) is 0 Å². The number of esters is 2. The first-order valence-corrected chi connectivity index (χ1v) is 4.40. The summed E-state index contributed by atoms with van der Waals surface area (Å²) in [6.07, 6.45) is 0.996. The van der Waals surface area contributed by atoms with E-state index in [2.05, 4.69) is 0 Å². The monoisotopic (exact) mass is 186 g/mol. The average Bonchev–Trinajstić information content (AvgIpc) is 1.99. The molecule has 4 nitrogen and oxygen atoms in total. The molecule has 1 aliphatic heterocycles. The third kappa shape index (κ3) is 3.44. The molecule has 0 aliphatic carbocycles. The zero-order valence-electron chi connectivity index (χ0n) is 7.91. The van der Waals surface area contributed by atoms with E-state index in [1.807, 2.05) is 6.92 Å². The third-order valence-corrected chi connectivity index (χ3v) is 1.95. The predicted octanol–water partition coefficient (Wildman–Crippen LogP) is 0.891. The van der Waals surface area contributed by atoms with Crippen molar-refractivity contribution in [3.05, 3.63) is 0 Å². The molecule has 0 aromatic heterocycles. The second-order valence-corrected chi connectivity index (χ2v) is 3.46. The Morgan fingerprint density at radius 2 is 2.38 bits per heavy atom. The first-order valence-electron chi connectivity index (χ1n) is 4.40. The highest BCUT2D eigenvalue weighted by molar-refractivity contribution is 5.70. The minimum atomic E-state index is -0.339. The standard InChI is InChI=1S/C9H14O4/c1-6-3-8(5-12-7(2)10)13-9(11)4-6/h6,8H,3-5H2,1-2H3/t6-,8+/m1/s1. The lowest BCUT2D eigenvalue weighted by atomic mass is 9.98. The van der Waals surface area contributed by atoms with Gasteiger partial charge in [-0.25, -0.2) is 0 Å². The molecule has 1 saturated heterocycles. The Morgan fingerprint density at radius 1 is 1.69 bits per heavy atom. The van der Waals surface area contributed by atoms with Crippen molar-refractivity contribution in [1.82, 2.24) is 0 Å². The van der Waals surface area contributed by atoms with Gasteiger partial charge < -0.3 is 9.47 Å². The molecule has 0 spiro atoms. The van der Waals surface area contributed by atoms with Gasteiger partial charge in [-0.15, -0.1) is 0 Å². The maximum Gasteiger partial charge on any atom is 0.306 e. The molecule has 0 aromatic rings. The fraction of sp³-hybridized carbons (Fsp3) is 0.778. The van der Waals surface area contributed by atoms with Gasteiger partial charge in [-0.1, -0.05) is 6.92 Å². The molecule has 0 N–H and O–H groups in total. The molecule has 1 fully saturated rings. The van der Waals surface area contributed by atoms with E-state index in [0.717, 1.165) is 6.42 Å². The van der Waals surface area contributed by atoms with Crippen molar-refractivity contribution in [2.75, 3.05) is 6.61 Å². The highest BCUT2D eigenvalue weighted by Crippen LogP contribution is 2.20. The normalized spacial score (nSPS) is 28.0. The summed E-state index contributed by atoms with van der Waals surface area (Å²) >= 11 is 0. The summed E-state index contributed by atoms with van der Waals surface area (Å²) in [5.74, 6) is -0.216. The Morgan fingerprint density at radius 3 is 2.92 bits per heavy atom. The number of hydrogen-bond acceptors (Lipinski definition) is 4. The zero-order chi connectivity index (χ0) is 9.84. The van der Waals surface area contributed by atoms with Crippen LogP contribution < -0.4 is 0 Å². The third-order valence-electron chi connectivity index (χ3n) is 1.95. The maximum absolute atomic E-state index is 11.0. The smallest absolute Gasteiger partial charge is 0.306 e. The minimum Gasteiger partial charge on any atom is -0.462 e. The van der Waals surface area contributed by atoms with Crippen molar-refractivity contribution in [1.29, 1.82) is 0 Å². The quantitative estimate of drug-likeness (QED) is 0.601. The van der Waals surface area contributed by atoms with Crippen LogP contribution in [0.2, 0.25) is 0 Å². The fourth-order valence-corrected chi connectivity index (χ4v) is 1.41. The van der Waals surface area contributed by atoms with Crippen LogP contribution in [0.15, 0.2) is 0 Å². The number of cyclic esters (lactones) is 1. The molecule has 0 amide bonds. The molecule has 74 valence electrons. The van der Waals surface area contributed by atoms with Crippen LogP contribution in [0.4, 0.5) is 0 Å². The number of hydrogen-bond donors (Lipinski definition) is 0. The SMILES string of the molecule is CC(=O)OC[C@@H]1C[C@@H](C)CC(=O)O1. The van der Waals surface area contributed by atoms with E-state index >= 15 is 0 Å². The molecular formula is C9H14O4. The van der Waals surface area contributed by atoms with Gasteiger partial charge in [0.15, 0.2) is 0 Å². The predicted molar refractivity (Wildman–Crippen MR) is 44.9 cm³/mol. The number of carbonyl (C=O) groups is 2. The largest absolute Gasteiger partial charge is 0.462 e. The Kier molecular flexibility index (Phi) is 3.28. The highest BCUT2D eigenvalue weighted by atomic mass is 16.6. The van der Waals surface area contributed by atoms with Crippen LogP contribution in [-0.4, -0.2) is 24.6 Å². The molecule has 0 saturated carbocycles. The number of rotatable bonds is 2. The van der Waals surface area contributed by atoms with Gasteiger partial charge in [-0.3, -0.25) is 9.59 Å². The van der Waals surface area contributed by atoms with Crippen LogP contribution in [0.5, 0.6) is 0 Å². The van der Waals surface area contributed by atoms with Gasteiger partial charge in [0.2, 0.25) is 0 Å². The van der Waals surface area contributed by atoms with E-state index in [9.17, 15) is 9.59 Å². The molecule has 13 heavy (non-hydrogen) atoms. The lowest BCUT2D eigenvalue weighted by molar-refractivity contribution is -0.164. The molecule has 1 aliphatic rings. The topological polar surface area (TPSA) is 52.6 Å². The Hall–Kier alpha value is -1.06. The lowest BCUT2D eigenvalue weighted by Crippen LogP contribution is -2.32. The Bertz CT molecular complexity index is 212. The fourth-order valence-electron chi connectivity index (χ4n) is 1.41. The Labute approximate surface area is 77.2 Å².